The molecule has 7 nitrogen and oxygen atoms in total. The summed E-state index contributed by atoms with van der Waals surface area (Å²) in [5.74, 6) is -1.16. The molecule has 2 aromatic rings. The van der Waals surface area contributed by atoms with Crippen molar-refractivity contribution in [2.75, 3.05) is 4.83 Å². The Morgan fingerprint density at radius 1 is 1.29 bits per heavy atom. The minimum Gasteiger partial charge on any atom is -0.477 e. The van der Waals surface area contributed by atoms with Gasteiger partial charge in [-0.2, -0.15) is 8.42 Å². The summed E-state index contributed by atoms with van der Waals surface area (Å²) in [4.78, 5) is 13.5. The number of carboxylic acids is 1. The Morgan fingerprint density at radius 2 is 1.86 bits per heavy atom. The van der Waals surface area contributed by atoms with Crippen molar-refractivity contribution in [3.63, 3.8) is 0 Å². The third kappa shape index (κ3) is 2.80. The number of carboxylic acid groups (broad SMARTS) is 1. The number of carbonyl (C=O) groups is 1. The maximum absolute atomic E-state index is 12.4. The molecule has 0 fully saturated rings. The Morgan fingerprint density at radius 3 is 2.29 bits per heavy atom. The first kappa shape index (κ1) is 15.2. The van der Waals surface area contributed by atoms with E-state index in [9.17, 15) is 13.2 Å². The van der Waals surface area contributed by atoms with Gasteiger partial charge in [0, 0.05) is 24.1 Å². The third-order valence-electron chi connectivity index (χ3n) is 3.22. The lowest BCUT2D eigenvalue weighted by Crippen LogP contribution is -2.24. The standard InChI is InChI=1S/C13H17N3O4S/c1-4-15-8-11(7-12(15)13(17)18)21(19,20)14-16-9(2)5-6-10(16)3/h5-8,14H,4H2,1-3H3,(H,17,18). The van der Waals surface area contributed by atoms with Gasteiger partial charge in [0.15, 0.2) is 0 Å². The molecule has 0 aliphatic rings. The van der Waals surface area contributed by atoms with Crippen molar-refractivity contribution in [3.8, 4) is 0 Å². The van der Waals surface area contributed by atoms with Crippen LogP contribution in [0, 0.1) is 13.8 Å². The molecule has 0 aromatic carbocycles. The molecular weight excluding hydrogens is 294 g/mol. The van der Waals surface area contributed by atoms with E-state index in [1.54, 1.807) is 32.9 Å². The van der Waals surface area contributed by atoms with Gasteiger partial charge < -0.3 is 9.67 Å². The number of rotatable bonds is 5. The van der Waals surface area contributed by atoms with Crippen LogP contribution in [0.3, 0.4) is 0 Å². The molecule has 0 aliphatic carbocycles. The molecule has 0 radical (unpaired) electrons. The molecule has 2 aromatic heterocycles. The molecule has 2 heterocycles. The monoisotopic (exact) mass is 311 g/mol. The summed E-state index contributed by atoms with van der Waals surface area (Å²) in [5, 5.41) is 9.08. The lowest BCUT2D eigenvalue weighted by atomic mass is 10.4. The molecule has 0 unspecified atom stereocenters. The van der Waals surface area contributed by atoms with E-state index in [2.05, 4.69) is 4.83 Å². The van der Waals surface area contributed by atoms with Gasteiger partial charge in [-0.15, -0.1) is 0 Å². The lowest BCUT2D eigenvalue weighted by molar-refractivity contribution is 0.0685. The molecular formula is C13H17N3O4S. The molecule has 8 heteroatoms. The van der Waals surface area contributed by atoms with Crippen molar-refractivity contribution in [1.29, 1.82) is 0 Å². The van der Waals surface area contributed by atoms with Crippen LogP contribution in [-0.2, 0) is 16.6 Å². The Kier molecular flexibility index (Phi) is 3.82. The van der Waals surface area contributed by atoms with Crippen molar-refractivity contribution in [2.45, 2.75) is 32.2 Å². The molecule has 0 saturated carbocycles. The van der Waals surface area contributed by atoms with Crippen LogP contribution in [0.15, 0.2) is 29.3 Å². The smallest absolute Gasteiger partial charge is 0.352 e. The van der Waals surface area contributed by atoms with Crippen LogP contribution in [0.25, 0.3) is 0 Å². The van der Waals surface area contributed by atoms with Gasteiger partial charge in [-0.05, 0) is 39.0 Å². The van der Waals surface area contributed by atoms with E-state index >= 15 is 0 Å². The van der Waals surface area contributed by atoms with Crippen molar-refractivity contribution in [1.82, 2.24) is 9.24 Å². The predicted molar refractivity (Wildman–Crippen MR) is 77.5 cm³/mol. The van der Waals surface area contributed by atoms with Crippen LogP contribution in [-0.4, -0.2) is 28.7 Å². The average molecular weight is 311 g/mol. The highest BCUT2D eigenvalue weighted by atomic mass is 32.2. The van der Waals surface area contributed by atoms with Crippen LogP contribution < -0.4 is 4.83 Å². The average Bonchev–Trinajstić information content (AvgIpc) is 2.97. The minimum absolute atomic E-state index is 0.0566. The van der Waals surface area contributed by atoms with E-state index < -0.39 is 16.0 Å². The predicted octanol–water partition coefficient (Wildman–Crippen LogP) is 1.56. The Labute approximate surface area is 122 Å². The van der Waals surface area contributed by atoms with E-state index in [0.29, 0.717) is 6.54 Å². The number of aryl methyl sites for hydroxylation is 3. The molecule has 0 atom stereocenters. The zero-order chi connectivity index (χ0) is 15.8. The Bertz CT molecular complexity index is 767. The van der Waals surface area contributed by atoms with Gasteiger partial charge in [-0.3, -0.25) is 4.68 Å². The number of hydrogen-bond acceptors (Lipinski definition) is 3. The first-order valence-electron chi connectivity index (χ1n) is 6.37. The summed E-state index contributed by atoms with van der Waals surface area (Å²) >= 11 is 0. The van der Waals surface area contributed by atoms with Crippen LogP contribution in [0.5, 0.6) is 0 Å². The first-order chi connectivity index (χ1) is 9.76. The molecule has 0 aliphatic heterocycles. The lowest BCUT2D eigenvalue weighted by Gasteiger charge is -2.12. The van der Waals surface area contributed by atoms with Gasteiger partial charge in [0.25, 0.3) is 10.0 Å². The second-order valence-corrected chi connectivity index (χ2v) is 6.36. The summed E-state index contributed by atoms with van der Waals surface area (Å²) in [6, 6.07) is 4.73. The maximum atomic E-state index is 12.4. The summed E-state index contributed by atoms with van der Waals surface area (Å²) in [7, 11) is -3.84. The third-order valence-corrected chi connectivity index (χ3v) is 4.49. The van der Waals surface area contributed by atoms with Gasteiger partial charge in [-0.25, -0.2) is 9.63 Å². The van der Waals surface area contributed by atoms with Gasteiger partial charge in [0.2, 0.25) is 0 Å². The van der Waals surface area contributed by atoms with Crippen LogP contribution >= 0.6 is 0 Å². The number of sulfonamides is 1. The van der Waals surface area contributed by atoms with Crippen LogP contribution in [0.2, 0.25) is 0 Å². The summed E-state index contributed by atoms with van der Waals surface area (Å²) < 4.78 is 27.6. The maximum Gasteiger partial charge on any atom is 0.352 e. The van der Waals surface area contributed by atoms with Crippen molar-refractivity contribution in [3.05, 3.63) is 41.5 Å². The Hall–Kier alpha value is -2.22. The zero-order valence-corrected chi connectivity index (χ0v) is 12.8. The highest BCUT2D eigenvalue weighted by Gasteiger charge is 2.21. The zero-order valence-electron chi connectivity index (χ0n) is 12.0. The quantitative estimate of drug-likeness (QED) is 0.876. The van der Waals surface area contributed by atoms with Gasteiger partial charge in [0.05, 0.1) is 0 Å². The highest BCUT2D eigenvalue weighted by molar-refractivity contribution is 7.92. The molecule has 0 saturated heterocycles. The summed E-state index contributed by atoms with van der Waals surface area (Å²) in [6.45, 7) is 5.67. The van der Waals surface area contributed by atoms with E-state index in [1.807, 2.05) is 0 Å². The van der Waals surface area contributed by atoms with Crippen molar-refractivity contribution >= 4 is 16.0 Å². The molecule has 21 heavy (non-hydrogen) atoms. The fourth-order valence-electron chi connectivity index (χ4n) is 2.06. The first-order valence-corrected chi connectivity index (χ1v) is 7.86. The fourth-order valence-corrected chi connectivity index (χ4v) is 3.22. The molecule has 0 spiro atoms. The minimum atomic E-state index is -3.84. The molecule has 2 rings (SSSR count). The molecule has 2 N–H and O–H groups in total. The van der Waals surface area contributed by atoms with Crippen LogP contribution in [0.1, 0.15) is 28.8 Å². The second kappa shape index (κ2) is 5.28. The fraction of sp³-hybridized carbons (Fsp3) is 0.308. The normalized spacial score (nSPS) is 11.6. The molecule has 114 valence electrons. The van der Waals surface area contributed by atoms with Gasteiger partial charge in [-0.1, -0.05) is 0 Å². The Balaban J connectivity index is 2.43. The number of nitrogens with one attached hydrogen (secondary N) is 1. The van der Waals surface area contributed by atoms with Crippen LogP contribution in [0.4, 0.5) is 0 Å². The summed E-state index contributed by atoms with van der Waals surface area (Å²) in [6.07, 6.45) is 1.32. The van der Waals surface area contributed by atoms with Crippen molar-refractivity contribution in [2.24, 2.45) is 0 Å². The van der Waals surface area contributed by atoms with Gasteiger partial charge in [0.1, 0.15) is 10.6 Å². The number of aromatic nitrogens is 2. The largest absolute Gasteiger partial charge is 0.477 e. The molecule has 0 amide bonds. The SMILES string of the molecule is CCn1cc(S(=O)(=O)Nn2c(C)ccc2C)cc1C(=O)O. The summed E-state index contributed by atoms with van der Waals surface area (Å²) in [5.41, 5.74) is 1.42. The molecule has 0 bridgehead atoms. The second-order valence-electron chi connectivity index (χ2n) is 4.70. The van der Waals surface area contributed by atoms with E-state index in [-0.39, 0.29) is 10.6 Å². The van der Waals surface area contributed by atoms with E-state index in [4.69, 9.17) is 5.11 Å². The number of hydrogen-bond donors (Lipinski definition) is 2. The van der Waals surface area contributed by atoms with Gasteiger partial charge >= 0.3 is 5.97 Å². The van der Waals surface area contributed by atoms with E-state index in [1.165, 1.54) is 15.4 Å². The number of aromatic carboxylic acids is 1. The van der Waals surface area contributed by atoms with E-state index in [0.717, 1.165) is 17.5 Å². The topological polar surface area (TPSA) is 93.3 Å². The number of nitrogens with zero attached hydrogens (tertiary/aromatic N) is 2. The highest BCUT2D eigenvalue weighted by Crippen LogP contribution is 2.16. The van der Waals surface area contributed by atoms with Crippen molar-refractivity contribution < 1.29 is 18.3 Å².